The van der Waals surface area contributed by atoms with Crippen molar-refractivity contribution < 1.29 is 22.3 Å². The predicted octanol–water partition coefficient (Wildman–Crippen LogP) is 1.28. The number of carbonyl (C=O) groups excluding carboxylic acids is 1. The van der Waals surface area contributed by atoms with Crippen LogP contribution in [0.3, 0.4) is 0 Å². The molecule has 0 bridgehead atoms. The van der Waals surface area contributed by atoms with E-state index in [9.17, 15) is 17.6 Å². The maximum absolute atomic E-state index is 13.5. The molecule has 0 aromatic heterocycles. The number of carbonyl (C=O) groups is 1. The van der Waals surface area contributed by atoms with Gasteiger partial charge in [0.2, 0.25) is 10.0 Å². The number of methoxy groups -OCH3 is 1. The van der Waals surface area contributed by atoms with Crippen molar-refractivity contribution in [3.05, 3.63) is 28.5 Å². The van der Waals surface area contributed by atoms with Gasteiger partial charge in [0.1, 0.15) is 10.7 Å². The first-order valence-electron chi connectivity index (χ1n) is 6.02. The first kappa shape index (κ1) is 17.8. The summed E-state index contributed by atoms with van der Waals surface area (Å²) in [5, 5.41) is 7.30. The van der Waals surface area contributed by atoms with E-state index in [-0.39, 0.29) is 23.2 Å². The zero-order chi connectivity index (χ0) is 16.2. The van der Waals surface area contributed by atoms with Crippen molar-refractivity contribution in [1.29, 1.82) is 0 Å². The Labute approximate surface area is 127 Å². The number of halogens is 2. The zero-order valence-electron chi connectivity index (χ0n) is 11.5. The molecule has 1 aromatic rings. The van der Waals surface area contributed by atoms with Crippen LogP contribution in [-0.2, 0) is 14.8 Å². The first-order valence-corrected chi connectivity index (χ1v) is 7.94. The van der Waals surface area contributed by atoms with E-state index in [1.54, 1.807) is 0 Å². The van der Waals surface area contributed by atoms with Gasteiger partial charge >= 0.3 is 0 Å². The lowest BCUT2D eigenvalue weighted by molar-refractivity contribution is 0.0894. The van der Waals surface area contributed by atoms with E-state index < -0.39 is 26.6 Å². The molecule has 0 fully saturated rings. The van der Waals surface area contributed by atoms with Crippen LogP contribution in [0.25, 0.3) is 0 Å². The van der Waals surface area contributed by atoms with Crippen LogP contribution in [0.5, 0.6) is 0 Å². The molecule has 1 atom stereocenters. The van der Waals surface area contributed by atoms with Gasteiger partial charge in [0.25, 0.3) is 5.91 Å². The van der Waals surface area contributed by atoms with Crippen LogP contribution in [0.15, 0.2) is 17.0 Å². The number of hydrogen-bond donors (Lipinski definition) is 2. The Balaban J connectivity index is 3.15. The van der Waals surface area contributed by atoms with E-state index in [1.807, 2.05) is 6.92 Å². The standard InChI is InChI=1S/C12H16ClFN2O4S/c1-3-7(6-20-2)16-12(17)8-4-11(21(15,18)19)10(14)5-9(8)13/h4-5,7H,3,6H2,1-2H3,(H,16,17)(H2,15,18,19). The number of amides is 1. The number of benzene rings is 1. The lowest BCUT2D eigenvalue weighted by Crippen LogP contribution is -2.37. The van der Waals surface area contributed by atoms with E-state index in [2.05, 4.69) is 5.32 Å². The molecule has 118 valence electrons. The summed E-state index contributed by atoms with van der Waals surface area (Å²) in [6, 6.07) is 1.29. The molecule has 0 aliphatic carbocycles. The van der Waals surface area contributed by atoms with E-state index in [1.165, 1.54) is 7.11 Å². The quantitative estimate of drug-likeness (QED) is 0.816. The minimum absolute atomic E-state index is 0.170. The molecule has 1 aromatic carbocycles. The van der Waals surface area contributed by atoms with Crippen molar-refractivity contribution in [2.45, 2.75) is 24.3 Å². The lowest BCUT2D eigenvalue weighted by Gasteiger charge is -2.16. The summed E-state index contributed by atoms with van der Waals surface area (Å²) in [7, 11) is -2.80. The molecular formula is C12H16ClFN2O4S. The summed E-state index contributed by atoms with van der Waals surface area (Å²) < 4.78 is 41.0. The van der Waals surface area contributed by atoms with Gasteiger partial charge in [-0.3, -0.25) is 4.79 Å². The van der Waals surface area contributed by atoms with Gasteiger partial charge in [-0.05, 0) is 18.6 Å². The SMILES string of the molecule is CCC(COC)NC(=O)c1cc(S(N)(=O)=O)c(F)cc1Cl. The molecule has 6 nitrogen and oxygen atoms in total. The van der Waals surface area contributed by atoms with Crippen molar-refractivity contribution in [3.63, 3.8) is 0 Å². The Kier molecular flexibility index (Phi) is 6.09. The van der Waals surface area contributed by atoms with Gasteiger partial charge in [-0.1, -0.05) is 18.5 Å². The Hall–Kier alpha value is -1.22. The van der Waals surface area contributed by atoms with Crippen molar-refractivity contribution in [1.82, 2.24) is 5.32 Å². The van der Waals surface area contributed by atoms with Crippen LogP contribution < -0.4 is 10.5 Å². The average molecular weight is 339 g/mol. The fourth-order valence-electron chi connectivity index (χ4n) is 1.65. The highest BCUT2D eigenvalue weighted by Crippen LogP contribution is 2.23. The largest absolute Gasteiger partial charge is 0.383 e. The van der Waals surface area contributed by atoms with Crippen molar-refractivity contribution in [2.24, 2.45) is 5.14 Å². The first-order chi connectivity index (χ1) is 9.70. The predicted molar refractivity (Wildman–Crippen MR) is 76.2 cm³/mol. The number of sulfonamides is 1. The topological polar surface area (TPSA) is 98.5 Å². The van der Waals surface area contributed by atoms with Gasteiger partial charge in [0.05, 0.1) is 23.2 Å². The highest BCUT2D eigenvalue weighted by molar-refractivity contribution is 7.89. The van der Waals surface area contributed by atoms with Crippen molar-refractivity contribution in [2.75, 3.05) is 13.7 Å². The fraction of sp³-hybridized carbons (Fsp3) is 0.417. The second kappa shape index (κ2) is 7.17. The van der Waals surface area contributed by atoms with Gasteiger partial charge in [-0.25, -0.2) is 17.9 Å². The lowest BCUT2D eigenvalue weighted by atomic mass is 10.1. The second-order valence-electron chi connectivity index (χ2n) is 4.34. The zero-order valence-corrected chi connectivity index (χ0v) is 13.1. The molecule has 0 radical (unpaired) electrons. The highest BCUT2D eigenvalue weighted by atomic mass is 35.5. The maximum Gasteiger partial charge on any atom is 0.253 e. The molecule has 0 spiro atoms. The van der Waals surface area contributed by atoms with Crippen LogP contribution in [0.1, 0.15) is 23.7 Å². The molecule has 9 heteroatoms. The van der Waals surface area contributed by atoms with Crippen LogP contribution in [0, 0.1) is 5.82 Å². The Morgan fingerprint density at radius 1 is 1.52 bits per heavy atom. The Morgan fingerprint density at radius 2 is 2.14 bits per heavy atom. The molecule has 0 saturated heterocycles. The molecule has 0 aliphatic heterocycles. The normalized spacial score (nSPS) is 13.0. The summed E-state index contributed by atoms with van der Waals surface area (Å²) >= 11 is 5.78. The summed E-state index contributed by atoms with van der Waals surface area (Å²) in [6.07, 6.45) is 0.598. The number of ether oxygens (including phenoxy) is 1. The molecule has 3 N–H and O–H groups in total. The third-order valence-electron chi connectivity index (χ3n) is 2.77. The second-order valence-corrected chi connectivity index (χ2v) is 6.28. The van der Waals surface area contributed by atoms with Crippen LogP contribution in [-0.4, -0.2) is 34.1 Å². The molecule has 0 saturated carbocycles. The number of nitrogens with two attached hydrogens (primary N) is 1. The molecule has 0 heterocycles. The van der Waals surface area contributed by atoms with Crippen LogP contribution in [0.2, 0.25) is 5.02 Å². The molecule has 1 amide bonds. The summed E-state index contributed by atoms with van der Waals surface area (Å²) in [6.45, 7) is 2.12. The molecular weight excluding hydrogens is 323 g/mol. The van der Waals surface area contributed by atoms with Crippen LogP contribution >= 0.6 is 11.6 Å². The maximum atomic E-state index is 13.5. The van der Waals surface area contributed by atoms with Gasteiger partial charge in [0.15, 0.2) is 0 Å². The van der Waals surface area contributed by atoms with E-state index >= 15 is 0 Å². The summed E-state index contributed by atoms with van der Waals surface area (Å²) in [5.41, 5.74) is -0.170. The smallest absolute Gasteiger partial charge is 0.253 e. The van der Waals surface area contributed by atoms with Crippen molar-refractivity contribution in [3.8, 4) is 0 Å². The summed E-state index contributed by atoms with van der Waals surface area (Å²) in [5.74, 6) is -1.74. The van der Waals surface area contributed by atoms with E-state index in [4.69, 9.17) is 21.5 Å². The third kappa shape index (κ3) is 4.63. The number of nitrogens with one attached hydrogen (secondary N) is 1. The van der Waals surface area contributed by atoms with E-state index in [0.29, 0.717) is 6.42 Å². The van der Waals surface area contributed by atoms with E-state index in [0.717, 1.165) is 12.1 Å². The Bertz CT molecular complexity index is 636. The number of hydrogen-bond acceptors (Lipinski definition) is 4. The average Bonchev–Trinajstić information content (AvgIpc) is 2.36. The van der Waals surface area contributed by atoms with Gasteiger partial charge < -0.3 is 10.1 Å². The number of primary sulfonamides is 1. The summed E-state index contributed by atoms with van der Waals surface area (Å²) in [4.78, 5) is 11.3. The minimum Gasteiger partial charge on any atom is -0.383 e. The van der Waals surface area contributed by atoms with Gasteiger partial charge in [-0.15, -0.1) is 0 Å². The molecule has 1 unspecified atom stereocenters. The molecule has 0 aliphatic rings. The fourth-order valence-corrected chi connectivity index (χ4v) is 2.50. The highest BCUT2D eigenvalue weighted by Gasteiger charge is 2.22. The third-order valence-corrected chi connectivity index (χ3v) is 4.01. The van der Waals surface area contributed by atoms with Gasteiger partial charge in [-0.2, -0.15) is 0 Å². The molecule has 21 heavy (non-hydrogen) atoms. The Morgan fingerprint density at radius 3 is 2.62 bits per heavy atom. The monoisotopic (exact) mass is 338 g/mol. The van der Waals surface area contributed by atoms with Crippen molar-refractivity contribution >= 4 is 27.5 Å². The molecule has 1 rings (SSSR count). The minimum atomic E-state index is -4.29. The van der Waals surface area contributed by atoms with Crippen LogP contribution in [0.4, 0.5) is 4.39 Å². The number of rotatable bonds is 6. The van der Waals surface area contributed by atoms with Gasteiger partial charge in [0, 0.05) is 7.11 Å².